The molecule has 0 saturated heterocycles. The van der Waals surface area contributed by atoms with Crippen LogP contribution in [0.5, 0.6) is 0 Å². The second kappa shape index (κ2) is 4.23. The van der Waals surface area contributed by atoms with Crippen molar-refractivity contribution in [1.29, 1.82) is 0 Å². The summed E-state index contributed by atoms with van der Waals surface area (Å²) in [5.74, 6) is -1.13. The summed E-state index contributed by atoms with van der Waals surface area (Å²) in [6.07, 6.45) is 0. The number of carbonyl (C=O) groups is 1. The highest BCUT2D eigenvalue weighted by Gasteiger charge is 2.22. The van der Waals surface area contributed by atoms with Crippen molar-refractivity contribution in [2.24, 2.45) is 0 Å². The number of nitrogens with zero attached hydrogens (tertiary/aromatic N) is 1. The predicted octanol–water partition coefficient (Wildman–Crippen LogP) is 0.944. The SMILES string of the molecule is Cc1c(C(=O)O)cccc1S(=O)(=O)N(C)C. The van der Waals surface area contributed by atoms with Gasteiger partial charge in [-0.3, -0.25) is 0 Å². The largest absolute Gasteiger partial charge is 0.478 e. The number of benzene rings is 1. The van der Waals surface area contributed by atoms with E-state index in [4.69, 9.17) is 5.11 Å². The van der Waals surface area contributed by atoms with Gasteiger partial charge in [0.05, 0.1) is 10.5 Å². The lowest BCUT2D eigenvalue weighted by atomic mass is 10.1. The number of carboxylic acid groups (broad SMARTS) is 1. The van der Waals surface area contributed by atoms with Crippen molar-refractivity contribution >= 4 is 16.0 Å². The zero-order valence-corrected chi connectivity index (χ0v) is 10.1. The number of hydrogen-bond donors (Lipinski definition) is 1. The van der Waals surface area contributed by atoms with Gasteiger partial charge in [0.1, 0.15) is 0 Å². The molecule has 0 saturated carbocycles. The van der Waals surface area contributed by atoms with Crippen molar-refractivity contribution in [3.05, 3.63) is 29.3 Å². The summed E-state index contributed by atoms with van der Waals surface area (Å²) in [4.78, 5) is 10.9. The molecule has 5 nitrogen and oxygen atoms in total. The first-order chi connectivity index (χ1) is 7.28. The van der Waals surface area contributed by atoms with E-state index < -0.39 is 16.0 Å². The van der Waals surface area contributed by atoms with Gasteiger partial charge in [-0.05, 0) is 24.6 Å². The summed E-state index contributed by atoms with van der Waals surface area (Å²) in [5.41, 5.74) is 0.256. The molecular weight excluding hydrogens is 230 g/mol. The molecule has 0 aliphatic heterocycles. The van der Waals surface area contributed by atoms with Crippen molar-refractivity contribution in [2.45, 2.75) is 11.8 Å². The molecule has 1 N–H and O–H groups in total. The first kappa shape index (κ1) is 12.7. The molecule has 1 rings (SSSR count). The van der Waals surface area contributed by atoms with Crippen LogP contribution in [0.1, 0.15) is 15.9 Å². The highest BCUT2D eigenvalue weighted by Crippen LogP contribution is 2.21. The Morgan fingerprint density at radius 3 is 2.31 bits per heavy atom. The Hall–Kier alpha value is -1.40. The Kier molecular flexibility index (Phi) is 3.35. The van der Waals surface area contributed by atoms with E-state index in [2.05, 4.69) is 0 Å². The first-order valence-corrected chi connectivity index (χ1v) is 5.98. The van der Waals surface area contributed by atoms with Crippen LogP contribution in [-0.4, -0.2) is 37.9 Å². The van der Waals surface area contributed by atoms with E-state index in [9.17, 15) is 13.2 Å². The maximum Gasteiger partial charge on any atom is 0.335 e. The fourth-order valence-corrected chi connectivity index (χ4v) is 2.46. The smallest absolute Gasteiger partial charge is 0.335 e. The van der Waals surface area contributed by atoms with Crippen LogP contribution in [-0.2, 0) is 10.0 Å². The molecule has 0 heterocycles. The molecule has 0 fully saturated rings. The third-order valence-electron chi connectivity index (χ3n) is 2.27. The van der Waals surface area contributed by atoms with Crippen LogP contribution in [0.25, 0.3) is 0 Å². The second-order valence-electron chi connectivity index (χ2n) is 3.52. The number of aromatic carboxylic acids is 1. The molecule has 0 spiro atoms. The first-order valence-electron chi connectivity index (χ1n) is 4.54. The summed E-state index contributed by atoms with van der Waals surface area (Å²) in [6, 6.07) is 4.20. The van der Waals surface area contributed by atoms with E-state index in [-0.39, 0.29) is 16.0 Å². The normalized spacial score (nSPS) is 11.8. The van der Waals surface area contributed by atoms with Gasteiger partial charge in [-0.2, -0.15) is 0 Å². The second-order valence-corrected chi connectivity index (χ2v) is 5.64. The maximum atomic E-state index is 11.9. The lowest BCUT2D eigenvalue weighted by Gasteiger charge is -2.14. The number of carboxylic acids is 1. The van der Waals surface area contributed by atoms with E-state index in [1.165, 1.54) is 39.2 Å². The fourth-order valence-electron chi connectivity index (χ4n) is 1.32. The Morgan fingerprint density at radius 2 is 1.88 bits per heavy atom. The molecule has 0 aliphatic rings. The summed E-state index contributed by atoms with van der Waals surface area (Å²) in [7, 11) is -0.784. The van der Waals surface area contributed by atoms with Gasteiger partial charge in [0.25, 0.3) is 0 Å². The Balaban J connectivity index is 3.49. The highest BCUT2D eigenvalue weighted by atomic mass is 32.2. The summed E-state index contributed by atoms with van der Waals surface area (Å²) in [5, 5.41) is 8.89. The molecular formula is C10H13NO4S. The number of sulfonamides is 1. The molecule has 16 heavy (non-hydrogen) atoms. The zero-order chi connectivity index (χ0) is 12.5. The standard InChI is InChI=1S/C10H13NO4S/c1-7-8(10(12)13)5-4-6-9(7)16(14,15)11(2)3/h4-6H,1-3H3,(H,12,13). The van der Waals surface area contributed by atoms with E-state index in [0.29, 0.717) is 0 Å². The molecule has 0 radical (unpaired) electrons. The van der Waals surface area contributed by atoms with Crippen LogP contribution in [0.4, 0.5) is 0 Å². The van der Waals surface area contributed by atoms with Gasteiger partial charge in [-0.25, -0.2) is 17.5 Å². The number of rotatable bonds is 3. The molecule has 0 aromatic heterocycles. The van der Waals surface area contributed by atoms with Gasteiger partial charge in [-0.15, -0.1) is 0 Å². The van der Waals surface area contributed by atoms with Crippen molar-refractivity contribution in [2.75, 3.05) is 14.1 Å². The molecule has 88 valence electrons. The molecule has 0 atom stereocenters. The van der Waals surface area contributed by atoms with E-state index in [1.54, 1.807) is 0 Å². The molecule has 0 bridgehead atoms. The van der Waals surface area contributed by atoms with Crippen LogP contribution in [0.15, 0.2) is 23.1 Å². The zero-order valence-electron chi connectivity index (χ0n) is 9.26. The van der Waals surface area contributed by atoms with E-state index in [1.807, 2.05) is 0 Å². The predicted molar refractivity (Wildman–Crippen MR) is 59.0 cm³/mol. The Labute approximate surface area is 94.4 Å². The molecule has 6 heteroatoms. The van der Waals surface area contributed by atoms with Gasteiger partial charge < -0.3 is 5.11 Å². The minimum atomic E-state index is -3.59. The molecule has 1 aromatic carbocycles. The fraction of sp³-hybridized carbons (Fsp3) is 0.300. The van der Waals surface area contributed by atoms with Crippen molar-refractivity contribution in [3.63, 3.8) is 0 Å². The Morgan fingerprint density at radius 1 is 1.31 bits per heavy atom. The van der Waals surface area contributed by atoms with Crippen molar-refractivity contribution < 1.29 is 18.3 Å². The maximum absolute atomic E-state index is 11.9. The van der Waals surface area contributed by atoms with Gasteiger partial charge in [0.15, 0.2) is 0 Å². The van der Waals surface area contributed by atoms with Crippen LogP contribution >= 0.6 is 0 Å². The van der Waals surface area contributed by atoms with Gasteiger partial charge in [-0.1, -0.05) is 6.07 Å². The number of hydrogen-bond acceptors (Lipinski definition) is 3. The minimum Gasteiger partial charge on any atom is -0.478 e. The van der Waals surface area contributed by atoms with Gasteiger partial charge in [0, 0.05) is 14.1 Å². The summed E-state index contributed by atoms with van der Waals surface area (Å²) < 4.78 is 24.8. The third kappa shape index (κ3) is 2.07. The molecule has 1 aromatic rings. The average molecular weight is 243 g/mol. The van der Waals surface area contributed by atoms with Crippen molar-refractivity contribution in [1.82, 2.24) is 4.31 Å². The van der Waals surface area contributed by atoms with Crippen LogP contribution < -0.4 is 0 Å². The van der Waals surface area contributed by atoms with Crippen LogP contribution in [0.2, 0.25) is 0 Å². The highest BCUT2D eigenvalue weighted by molar-refractivity contribution is 7.89. The van der Waals surface area contributed by atoms with Crippen LogP contribution in [0.3, 0.4) is 0 Å². The molecule has 0 amide bonds. The quantitative estimate of drug-likeness (QED) is 0.857. The van der Waals surface area contributed by atoms with Crippen molar-refractivity contribution in [3.8, 4) is 0 Å². The topological polar surface area (TPSA) is 74.7 Å². The lowest BCUT2D eigenvalue weighted by Crippen LogP contribution is -2.23. The molecule has 0 aliphatic carbocycles. The van der Waals surface area contributed by atoms with Crippen LogP contribution in [0, 0.1) is 6.92 Å². The molecule has 0 unspecified atom stereocenters. The monoisotopic (exact) mass is 243 g/mol. The van der Waals surface area contributed by atoms with E-state index >= 15 is 0 Å². The van der Waals surface area contributed by atoms with E-state index in [0.717, 1.165) is 4.31 Å². The van der Waals surface area contributed by atoms with Gasteiger partial charge in [0.2, 0.25) is 10.0 Å². The van der Waals surface area contributed by atoms with Gasteiger partial charge >= 0.3 is 5.97 Å². The lowest BCUT2D eigenvalue weighted by molar-refractivity contribution is 0.0696. The average Bonchev–Trinajstić information content (AvgIpc) is 2.16. The summed E-state index contributed by atoms with van der Waals surface area (Å²) >= 11 is 0. The minimum absolute atomic E-state index is 0.00271. The Bertz CT molecular complexity index is 520. The third-order valence-corrected chi connectivity index (χ3v) is 4.23. The summed E-state index contributed by atoms with van der Waals surface area (Å²) in [6.45, 7) is 1.49.